The first-order valence-electron chi connectivity index (χ1n) is 11.0. The zero-order valence-electron chi connectivity index (χ0n) is 18.8. The average molecular weight is 449 g/mol. The first-order valence-corrected chi connectivity index (χ1v) is 11.0. The van der Waals surface area contributed by atoms with Crippen LogP contribution in [0.25, 0.3) is 11.1 Å². The van der Waals surface area contributed by atoms with Crippen LogP contribution in [-0.4, -0.2) is 63.6 Å². The van der Waals surface area contributed by atoms with E-state index in [1.807, 2.05) is 32.0 Å². The standard InChI is InChI=1S/C25H28N4O4/c1-17(2)33-22-13-18(12-20(15-22)19-4-3-5-21(30)14-19)16-28-8-10-29(11-9-28)24-7-6-23(25(31)32)26-27-24/h3-7,12-15,17,30H,8-11,16H2,1-2H3,(H,31,32). The van der Waals surface area contributed by atoms with Crippen molar-refractivity contribution in [3.63, 3.8) is 0 Å². The molecule has 33 heavy (non-hydrogen) atoms. The Morgan fingerprint density at radius 1 is 1.00 bits per heavy atom. The number of aromatic nitrogens is 2. The molecule has 1 fully saturated rings. The molecule has 0 saturated carbocycles. The molecule has 0 radical (unpaired) electrons. The molecule has 1 aliphatic rings. The van der Waals surface area contributed by atoms with Gasteiger partial charge in [-0.25, -0.2) is 4.79 Å². The molecule has 0 unspecified atom stereocenters. The molecule has 172 valence electrons. The molecule has 8 heteroatoms. The Bertz CT molecular complexity index is 1110. The molecule has 8 nitrogen and oxygen atoms in total. The van der Waals surface area contributed by atoms with Crippen LogP contribution in [-0.2, 0) is 6.54 Å². The van der Waals surface area contributed by atoms with Crippen molar-refractivity contribution in [2.75, 3.05) is 31.1 Å². The minimum absolute atomic E-state index is 0.0524. The first kappa shape index (κ1) is 22.5. The maximum absolute atomic E-state index is 11.0. The molecule has 2 aromatic carbocycles. The zero-order valence-corrected chi connectivity index (χ0v) is 18.8. The number of hydrogen-bond donors (Lipinski definition) is 2. The number of hydrogen-bond acceptors (Lipinski definition) is 7. The Morgan fingerprint density at radius 2 is 1.79 bits per heavy atom. The van der Waals surface area contributed by atoms with Crippen molar-refractivity contribution >= 4 is 11.8 Å². The van der Waals surface area contributed by atoms with Crippen molar-refractivity contribution < 1.29 is 19.7 Å². The van der Waals surface area contributed by atoms with E-state index in [9.17, 15) is 9.90 Å². The predicted octanol–water partition coefficient (Wildman–Crippen LogP) is 3.66. The largest absolute Gasteiger partial charge is 0.508 e. The van der Waals surface area contributed by atoms with Crippen LogP contribution in [0.3, 0.4) is 0 Å². The number of ether oxygens (including phenoxy) is 1. The molecule has 0 bridgehead atoms. The fourth-order valence-corrected chi connectivity index (χ4v) is 3.95. The normalized spacial score (nSPS) is 14.5. The topological polar surface area (TPSA) is 99.0 Å². The second-order valence-electron chi connectivity index (χ2n) is 8.43. The third kappa shape index (κ3) is 5.78. The number of carboxylic acids is 1. The van der Waals surface area contributed by atoms with Gasteiger partial charge in [0.2, 0.25) is 0 Å². The lowest BCUT2D eigenvalue weighted by atomic mass is 10.0. The third-order valence-corrected chi connectivity index (χ3v) is 5.49. The second kappa shape index (κ2) is 9.87. The molecule has 3 aromatic rings. The summed E-state index contributed by atoms with van der Waals surface area (Å²) in [4.78, 5) is 15.5. The van der Waals surface area contributed by atoms with Crippen LogP contribution in [0.1, 0.15) is 29.9 Å². The lowest BCUT2D eigenvalue weighted by molar-refractivity contribution is 0.0689. The monoisotopic (exact) mass is 448 g/mol. The summed E-state index contributed by atoms with van der Waals surface area (Å²) >= 11 is 0. The fraction of sp³-hybridized carbons (Fsp3) is 0.320. The van der Waals surface area contributed by atoms with E-state index in [1.165, 1.54) is 6.07 Å². The van der Waals surface area contributed by atoms with Crippen molar-refractivity contribution in [2.45, 2.75) is 26.5 Å². The van der Waals surface area contributed by atoms with Crippen molar-refractivity contribution in [3.05, 3.63) is 65.9 Å². The molecule has 1 aliphatic heterocycles. The zero-order chi connectivity index (χ0) is 23.4. The lowest BCUT2D eigenvalue weighted by Crippen LogP contribution is -2.46. The van der Waals surface area contributed by atoms with E-state index in [2.05, 4.69) is 32.1 Å². The summed E-state index contributed by atoms with van der Waals surface area (Å²) in [6.45, 7) is 8.04. The highest BCUT2D eigenvalue weighted by Gasteiger charge is 2.20. The van der Waals surface area contributed by atoms with E-state index in [0.29, 0.717) is 5.82 Å². The van der Waals surface area contributed by atoms with Crippen LogP contribution >= 0.6 is 0 Å². The first-order chi connectivity index (χ1) is 15.9. The highest BCUT2D eigenvalue weighted by atomic mass is 16.5. The van der Waals surface area contributed by atoms with Crippen LogP contribution < -0.4 is 9.64 Å². The van der Waals surface area contributed by atoms with Crippen LogP contribution in [0.5, 0.6) is 11.5 Å². The quantitative estimate of drug-likeness (QED) is 0.565. The third-order valence-electron chi connectivity index (χ3n) is 5.49. The number of phenolic OH excluding ortho intramolecular Hbond substituents is 1. The molecule has 1 saturated heterocycles. The fourth-order valence-electron chi connectivity index (χ4n) is 3.95. The number of anilines is 1. The number of carboxylic acid groups (broad SMARTS) is 1. The Labute approximate surface area is 193 Å². The van der Waals surface area contributed by atoms with Gasteiger partial charge < -0.3 is 19.8 Å². The Kier molecular flexibility index (Phi) is 6.74. The smallest absolute Gasteiger partial charge is 0.356 e. The van der Waals surface area contributed by atoms with E-state index in [0.717, 1.165) is 55.2 Å². The van der Waals surface area contributed by atoms with E-state index in [4.69, 9.17) is 9.84 Å². The molecule has 0 amide bonds. The molecule has 0 aliphatic carbocycles. The van der Waals surface area contributed by atoms with Crippen molar-refractivity contribution in [3.8, 4) is 22.6 Å². The number of phenols is 1. The number of aromatic hydroxyl groups is 1. The molecule has 0 spiro atoms. The van der Waals surface area contributed by atoms with Crippen molar-refractivity contribution in [2.24, 2.45) is 0 Å². The highest BCUT2D eigenvalue weighted by molar-refractivity contribution is 5.85. The molecular formula is C25H28N4O4. The van der Waals surface area contributed by atoms with E-state index in [-0.39, 0.29) is 17.5 Å². The van der Waals surface area contributed by atoms with E-state index >= 15 is 0 Å². The molecular weight excluding hydrogens is 420 g/mol. The minimum Gasteiger partial charge on any atom is -0.508 e. The van der Waals surface area contributed by atoms with Gasteiger partial charge in [-0.05, 0) is 73.0 Å². The van der Waals surface area contributed by atoms with Gasteiger partial charge >= 0.3 is 5.97 Å². The number of nitrogens with zero attached hydrogens (tertiary/aromatic N) is 4. The van der Waals surface area contributed by atoms with Gasteiger partial charge in [-0.3, -0.25) is 4.90 Å². The van der Waals surface area contributed by atoms with Crippen molar-refractivity contribution in [1.82, 2.24) is 15.1 Å². The van der Waals surface area contributed by atoms with Gasteiger partial charge in [0, 0.05) is 32.7 Å². The van der Waals surface area contributed by atoms with Crippen molar-refractivity contribution in [1.29, 1.82) is 0 Å². The summed E-state index contributed by atoms with van der Waals surface area (Å²) in [5.74, 6) is 0.666. The maximum Gasteiger partial charge on any atom is 0.356 e. The number of benzene rings is 2. The Morgan fingerprint density at radius 3 is 2.42 bits per heavy atom. The van der Waals surface area contributed by atoms with Gasteiger partial charge in [0.1, 0.15) is 11.5 Å². The Balaban J connectivity index is 1.46. The van der Waals surface area contributed by atoms with Crippen LogP contribution in [0, 0.1) is 0 Å². The van der Waals surface area contributed by atoms with Crippen LogP contribution in [0.15, 0.2) is 54.6 Å². The number of aromatic carboxylic acids is 1. The lowest BCUT2D eigenvalue weighted by Gasteiger charge is -2.35. The van der Waals surface area contributed by atoms with Gasteiger partial charge in [0.05, 0.1) is 6.10 Å². The molecule has 1 aromatic heterocycles. The minimum atomic E-state index is -1.08. The predicted molar refractivity (Wildman–Crippen MR) is 126 cm³/mol. The van der Waals surface area contributed by atoms with Crippen LogP contribution in [0.2, 0.25) is 0 Å². The molecule has 2 N–H and O–H groups in total. The highest BCUT2D eigenvalue weighted by Crippen LogP contribution is 2.29. The number of carbonyl (C=O) groups is 1. The van der Waals surface area contributed by atoms with Gasteiger partial charge in [-0.15, -0.1) is 10.2 Å². The molecule has 2 heterocycles. The summed E-state index contributed by atoms with van der Waals surface area (Å²) in [6.07, 6.45) is 0.0643. The summed E-state index contributed by atoms with van der Waals surface area (Å²) < 4.78 is 5.99. The number of piperazine rings is 1. The van der Waals surface area contributed by atoms with E-state index in [1.54, 1.807) is 18.2 Å². The Hall–Kier alpha value is -3.65. The van der Waals surface area contributed by atoms with E-state index < -0.39 is 5.97 Å². The molecule has 4 rings (SSSR count). The van der Waals surface area contributed by atoms with Crippen LogP contribution in [0.4, 0.5) is 5.82 Å². The van der Waals surface area contributed by atoms with Gasteiger partial charge in [-0.2, -0.15) is 0 Å². The number of rotatable bonds is 7. The SMILES string of the molecule is CC(C)Oc1cc(CN2CCN(c3ccc(C(=O)O)nn3)CC2)cc(-c2cccc(O)c2)c1. The summed E-state index contributed by atoms with van der Waals surface area (Å²) in [6, 6.07) is 16.7. The summed E-state index contributed by atoms with van der Waals surface area (Å²) in [5, 5.41) is 26.7. The average Bonchev–Trinajstić information content (AvgIpc) is 2.79. The van der Waals surface area contributed by atoms with Gasteiger partial charge in [0.15, 0.2) is 11.5 Å². The van der Waals surface area contributed by atoms with Gasteiger partial charge in [-0.1, -0.05) is 12.1 Å². The maximum atomic E-state index is 11.0. The molecule has 0 atom stereocenters. The van der Waals surface area contributed by atoms with Gasteiger partial charge in [0.25, 0.3) is 0 Å². The summed E-state index contributed by atoms with van der Waals surface area (Å²) in [5.41, 5.74) is 3.04. The second-order valence-corrected chi connectivity index (χ2v) is 8.43. The summed E-state index contributed by atoms with van der Waals surface area (Å²) in [7, 11) is 0.